The Balaban J connectivity index is 1.92. The Bertz CT molecular complexity index is 909. The molecule has 3 aromatic rings. The molecule has 3 heteroatoms. The first-order valence-corrected chi connectivity index (χ1v) is 8.54. The largest absolute Gasteiger partial charge is 0.458 e. The summed E-state index contributed by atoms with van der Waals surface area (Å²) in [5.41, 5.74) is 5.55. The summed E-state index contributed by atoms with van der Waals surface area (Å²) in [6.07, 6.45) is 0. The number of hydrogen-bond acceptors (Lipinski definition) is 2. The van der Waals surface area contributed by atoms with Gasteiger partial charge >= 0.3 is 0 Å². The van der Waals surface area contributed by atoms with Crippen LogP contribution in [0.5, 0.6) is 11.5 Å². The van der Waals surface area contributed by atoms with E-state index in [9.17, 15) is 0 Å². The van der Waals surface area contributed by atoms with E-state index in [0.29, 0.717) is 6.71 Å². The van der Waals surface area contributed by atoms with Crippen molar-refractivity contribution in [2.24, 2.45) is 0 Å². The zero-order valence-corrected chi connectivity index (χ0v) is 13.4. The number of rotatable bonds is 0. The molecule has 1 aromatic heterocycles. The van der Waals surface area contributed by atoms with E-state index >= 15 is 0 Å². The van der Waals surface area contributed by atoms with E-state index in [-0.39, 0.29) is 5.41 Å². The summed E-state index contributed by atoms with van der Waals surface area (Å²) in [7, 11) is 0. The van der Waals surface area contributed by atoms with Crippen LogP contribution < -0.4 is 20.4 Å². The Morgan fingerprint density at radius 1 is 0.909 bits per heavy atom. The van der Waals surface area contributed by atoms with Gasteiger partial charge < -0.3 is 4.74 Å². The lowest BCUT2D eigenvalue weighted by molar-refractivity contribution is 0.484. The van der Waals surface area contributed by atoms with E-state index in [0.717, 1.165) is 11.5 Å². The van der Waals surface area contributed by atoms with Crippen LogP contribution in [-0.4, -0.2) is 6.71 Å². The predicted octanol–water partition coefficient (Wildman–Crippen LogP) is 3.01. The summed E-state index contributed by atoms with van der Waals surface area (Å²) in [4.78, 5) is 0. The van der Waals surface area contributed by atoms with Crippen molar-refractivity contribution in [1.82, 2.24) is 0 Å². The fourth-order valence-electron chi connectivity index (χ4n) is 4.04. The van der Waals surface area contributed by atoms with Crippen LogP contribution in [0.25, 0.3) is 0 Å². The van der Waals surface area contributed by atoms with Crippen LogP contribution in [0, 0.1) is 0 Å². The Labute approximate surface area is 134 Å². The molecular formula is C19H15BOS. The number of fused-ring (bicyclic) bond motifs is 4. The van der Waals surface area contributed by atoms with Crippen LogP contribution >= 0.6 is 11.3 Å². The van der Waals surface area contributed by atoms with Gasteiger partial charge in [-0.05, 0) is 50.4 Å². The average Bonchev–Trinajstić information content (AvgIpc) is 3.01. The molecule has 2 aliphatic rings. The molecule has 0 N–H and O–H groups in total. The molecule has 0 atom stereocenters. The molecule has 0 radical (unpaired) electrons. The number of para-hydroxylation sites is 1. The van der Waals surface area contributed by atoms with Crippen molar-refractivity contribution in [3.05, 3.63) is 65.0 Å². The minimum atomic E-state index is 0.0345. The second-order valence-electron chi connectivity index (χ2n) is 6.61. The smallest absolute Gasteiger partial charge is 0.264 e. The molecule has 2 aliphatic heterocycles. The maximum absolute atomic E-state index is 6.21. The van der Waals surface area contributed by atoms with Crippen molar-refractivity contribution in [3.63, 3.8) is 0 Å². The summed E-state index contributed by atoms with van der Waals surface area (Å²) in [6.45, 7) is 4.97. The van der Waals surface area contributed by atoms with Crippen molar-refractivity contribution in [3.8, 4) is 11.5 Å². The number of hydrogen-bond donors (Lipinski definition) is 0. The maximum atomic E-state index is 6.21. The molecule has 3 heterocycles. The molecule has 22 heavy (non-hydrogen) atoms. The molecule has 5 rings (SSSR count). The Morgan fingerprint density at radius 2 is 1.73 bits per heavy atom. The maximum Gasteiger partial charge on any atom is 0.264 e. The minimum absolute atomic E-state index is 0.0345. The van der Waals surface area contributed by atoms with Gasteiger partial charge in [0.15, 0.2) is 0 Å². The summed E-state index contributed by atoms with van der Waals surface area (Å²) in [5, 5.41) is 2.23. The molecule has 2 aromatic carbocycles. The normalized spacial score (nSPS) is 16.4. The highest BCUT2D eigenvalue weighted by Crippen LogP contribution is 2.38. The predicted molar refractivity (Wildman–Crippen MR) is 94.1 cm³/mol. The number of benzene rings is 2. The van der Waals surface area contributed by atoms with Crippen LogP contribution in [-0.2, 0) is 5.41 Å². The highest BCUT2D eigenvalue weighted by atomic mass is 32.1. The third-order valence-corrected chi connectivity index (χ3v) is 6.09. The first kappa shape index (κ1) is 12.5. The van der Waals surface area contributed by atoms with Gasteiger partial charge in [0, 0.05) is 5.41 Å². The summed E-state index contributed by atoms with van der Waals surface area (Å²) in [5.74, 6) is 2.02. The van der Waals surface area contributed by atoms with Gasteiger partial charge in [0.05, 0.1) is 0 Å². The Hall–Kier alpha value is -2.00. The molecule has 0 spiro atoms. The lowest BCUT2D eigenvalue weighted by atomic mass is 9.33. The topological polar surface area (TPSA) is 9.23 Å². The number of ether oxygens (including phenoxy) is 1. The molecule has 0 unspecified atom stereocenters. The molecule has 0 aliphatic carbocycles. The fourth-order valence-corrected chi connectivity index (χ4v) is 5.22. The van der Waals surface area contributed by atoms with E-state index in [1.165, 1.54) is 26.8 Å². The van der Waals surface area contributed by atoms with Crippen molar-refractivity contribution in [2.75, 3.05) is 0 Å². The zero-order chi connectivity index (χ0) is 14.9. The summed E-state index contributed by atoms with van der Waals surface area (Å²) in [6, 6.07) is 17.3. The number of thiophene rings is 1. The fraction of sp³-hybridized carbons (Fsp3) is 0.158. The molecule has 0 fully saturated rings. The lowest BCUT2D eigenvalue weighted by Crippen LogP contribution is -2.61. The van der Waals surface area contributed by atoms with E-state index in [1.54, 1.807) is 0 Å². The van der Waals surface area contributed by atoms with Gasteiger partial charge in [0.1, 0.15) is 11.5 Å². The van der Waals surface area contributed by atoms with Gasteiger partial charge in [0.25, 0.3) is 6.71 Å². The molecule has 106 valence electrons. The summed E-state index contributed by atoms with van der Waals surface area (Å²) < 4.78 is 7.69. The first-order valence-electron chi connectivity index (χ1n) is 7.66. The van der Waals surface area contributed by atoms with E-state index in [1.807, 2.05) is 11.3 Å². The quantitative estimate of drug-likeness (QED) is 0.454. The van der Waals surface area contributed by atoms with Crippen molar-refractivity contribution in [1.29, 1.82) is 0 Å². The third kappa shape index (κ3) is 1.40. The summed E-state index contributed by atoms with van der Waals surface area (Å²) >= 11 is 1.87. The second kappa shape index (κ2) is 4.05. The first-order chi connectivity index (χ1) is 10.7. The zero-order valence-electron chi connectivity index (χ0n) is 12.6. The van der Waals surface area contributed by atoms with Crippen molar-refractivity contribution in [2.45, 2.75) is 19.3 Å². The molecule has 0 saturated heterocycles. The highest BCUT2D eigenvalue weighted by Gasteiger charge is 2.45. The van der Waals surface area contributed by atoms with Crippen molar-refractivity contribution >= 4 is 33.8 Å². The van der Waals surface area contributed by atoms with E-state index in [4.69, 9.17) is 4.74 Å². The highest BCUT2D eigenvalue weighted by molar-refractivity contribution is 7.26. The van der Waals surface area contributed by atoms with Gasteiger partial charge in [-0.25, -0.2) is 0 Å². The minimum Gasteiger partial charge on any atom is -0.458 e. The van der Waals surface area contributed by atoms with Crippen molar-refractivity contribution < 1.29 is 4.74 Å². The molecule has 0 amide bonds. The van der Waals surface area contributed by atoms with Crippen LogP contribution in [0.1, 0.15) is 25.0 Å². The SMILES string of the molecule is CC1(C)c2ccsc2B2c3ccccc3Oc3cccc1c32. The van der Waals surface area contributed by atoms with E-state index in [2.05, 4.69) is 67.8 Å². The van der Waals surface area contributed by atoms with Gasteiger partial charge in [0.2, 0.25) is 0 Å². The standard InChI is InChI=1S/C19H15BOS/c1-19(2)12-6-5-9-16-17(12)20(18-13(19)10-11-22-18)14-7-3-4-8-15(14)21-16/h3-11H,1-2H3. The monoisotopic (exact) mass is 302 g/mol. The van der Waals surface area contributed by atoms with Crippen LogP contribution in [0.4, 0.5) is 0 Å². The molecular weight excluding hydrogens is 287 g/mol. The third-order valence-electron chi connectivity index (χ3n) is 5.11. The van der Waals surface area contributed by atoms with Gasteiger partial charge in [-0.1, -0.05) is 44.2 Å². The Kier molecular flexibility index (Phi) is 2.31. The average molecular weight is 302 g/mol. The van der Waals surface area contributed by atoms with E-state index < -0.39 is 0 Å². The van der Waals surface area contributed by atoms with Gasteiger partial charge in [-0.2, -0.15) is 11.3 Å². The molecule has 0 saturated carbocycles. The molecule has 0 bridgehead atoms. The Morgan fingerprint density at radius 3 is 2.64 bits per heavy atom. The van der Waals surface area contributed by atoms with Gasteiger partial charge in [-0.3, -0.25) is 0 Å². The van der Waals surface area contributed by atoms with Crippen LogP contribution in [0.3, 0.4) is 0 Å². The van der Waals surface area contributed by atoms with Crippen LogP contribution in [0.2, 0.25) is 0 Å². The second-order valence-corrected chi connectivity index (χ2v) is 7.56. The van der Waals surface area contributed by atoms with Crippen LogP contribution in [0.15, 0.2) is 53.9 Å². The van der Waals surface area contributed by atoms with Gasteiger partial charge in [-0.15, -0.1) is 0 Å². The molecule has 1 nitrogen and oxygen atoms in total. The lowest BCUT2D eigenvalue weighted by Gasteiger charge is -2.39.